The molecule has 1 aromatic heterocycles. The first-order valence-corrected chi connectivity index (χ1v) is 9.33. The Labute approximate surface area is 162 Å². The van der Waals surface area contributed by atoms with Crippen molar-refractivity contribution in [1.29, 1.82) is 0 Å². The number of para-hydroxylation sites is 1. The van der Waals surface area contributed by atoms with E-state index in [-0.39, 0.29) is 17.5 Å². The molecule has 1 atom stereocenters. The molecule has 1 unspecified atom stereocenters. The highest BCUT2D eigenvalue weighted by Gasteiger charge is 2.28. The van der Waals surface area contributed by atoms with Crippen LogP contribution >= 0.6 is 0 Å². The lowest BCUT2D eigenvalue weighted by atomic mass is 9.96. The van der Waals surface area contributed by atoms with Crippen LogP contribution in [0, 0.1) is 0 Å². The van der Waals surface area contributed by atoms with Crippen LogP contribution < -0.4 is 10.4 Å². The lowest BCUT2D eigenvalue weighted by Gasteiger charge is -2.31. The number of rotatable bonds is 4. The highest BCUT2D eigenvalue weighted by atomic mass is 16.5. The number of ether oxygens (including phenoxy) is 1. The van der Waals surface area contributed by atoms with Crippen LogP contribution in [0.3, 0.4) is 0 Å². The summed E-state index contributed by atoms with van der Waals surface area (Å²) < 4.78 is 6.59. The van der Waals surface area contributed by atoms with Crippen molar-refractivity contribution < 1.29 is 9.53 Å². The number of carbonyl (C=O) groups excluding carboxylic acids is 1. The number of methoxy groups -OCH3 is 1. The third-order valence-electron chi connectivity index (χ3n) is 5.05. The fourth-order valence-corrected chi connectivity index (χ4v) is 3.59. The molecule has 28 heavy (non-hydrogen) atoms. The normalized spacial score (nSPS) is 16.8. The van der Waals surface area contributed by atoms with Crippen molar-refractivity contribution in [2.75, 3.05) is 20.2 Å². The number of carbonyl (C=O) groups is 1. The summed E-state index contributed by atoms with van der Waals surface area (Å²) >= 11 is 0. The van der Waals surface area contributed by atoms with Gasteiger partial charge >= 0.3 is 5.69 Å². The van der Waals surface area contributed by atoms with Gasteiger partial charge in [0.25, 0.3) is 5.91 Å². The Morgan fingerprint density at radius 1 is 1.18 bits per heavy atom. The second kappa shape index (κ2) is 7.72. The van der Waals surface area contributed by atoms with E-state index in [9.17, 15) is 9.59 Å². The molecule has 1 aliphatic rings. The average molecular weight is 378 g/mol. The van der Waals surface area contributed by atoms with Crippen LogP contribution in [0.4, 0.5) is 0 Å². The summed E-state index contributed by atoms with van der Waals surface area (Å²) in [7, 11) is 1.58. The molecule has 2 heterocycles. The van der Waals surface area contributed by atoms with Crippen molar-refractivity contribution in [3.63, 3.8) is 0 Å². The molecule has 3 aromatic rings. The number of hydrogen-bond acceptors (Lipinski definition) is 4. The molecule has 1 fully saturated rings. The molecular weight excluding hydrogens is 356 g/mol. The number of benzene rings is 2. The van der Waals surface area contributed by atoms with Gasteiger partial charge in [-0.25, -0.2) is 4.79 Å². The van der Waals surface area contributed by atoms with Crippen molar-refractivity contribution in [3.05, 3.63) is 76.5 Å². The molecular formula is C21H22N4O3. The molecule has 1 amide bonds. The first-order chi connectivity index (χ1) is 13.7. The fourth-order valence-electron chi connectivity index (χ4n) is 3.59. The number of aromatic amines is 1. The van der Waals surface area contributed by atoms with E-state index in [1.807, 2.05) is 47.4 Å². The maximum atomic E-state index is 12.9. The number of nitrogens with zero attached hydrogens (tertiary/aromatic N) is 3. The zero-order valence-corrected chi connectivity index (χ0v) is 15.7. The molecule has 0 aliphatic carbocycles. The molecule has 1 N–H and O–H groups in total. The first kappa shape index (κ1) is 18.0. The fraction of sp³-hybridized carbons (Fsp3) is 0.286. The molecule has 0 radical (unpaired) electrons. The van der Waals surface area contributed by atoms with E-state index in [0.29, 0.717) is 30.2 Å². The number of piperidine rings is 1. The second-order valence-corrected chi connectivity index (χ2v) is 6.89. The Kier molecular flexibility index (Phi) is 4.97. The van der Waals surface area contributed by atoms with Gasteiger partial charge in [0.15, 0.2) is 0 Å². The van der Waals surface area contributed by atoms with E-state index in [1.54, 1.807) is 19.2 Å². The van der Waals surface area contributed by atoms with E-state index < -0.39 is 0 Å². The molecule has 0 bridgehead atoms. The van der Waals surface area contributed by atoms with Crippen LogP contribution in [-0.2, 0) is 0 Å². The number of hydrogen-bond donors (Lipinski definition) is 1. The number of likely N-dealkylation sites (tertiary alicyclic amines) is 1. The molecule has 1 aliphatic heterocycles. The standard InChI is InChI=1S/C21H22N4O3/c1-28-18-11-5-7-15(13-18)20(26)24-12-6-8-16(14-24)19-22-21(27)25(23-19)17-9-3-2-4-10-17/h2-5,7,9-11,13,16H,6,8,12,14H2,1H3,(H,22,23,27). The van der Waals surface area contributed by atoms with E-state index >= 15 is 0 Å². The molecule has 0 saturated carbocycles. The van der Waals surface area contributed by atoms with E-state index in [4.69, 9.17) is 4.74 Å². The number of amides is 1. The van der Waals surface area contributed by atoms with Gasteiger partial charge in [-0.2, -0.15) is 4.68 Å². The summed E-state index contributed by atoms with van der Waals surface area (Å²) in [5.74, 6) is 1.25. The number of nitrogens with one attached hydrogen (secondary N) is 1. The molecule has 1 saturated heterocycles. The van der Waals surface area contributed by atoms with Crippen molar-refractivity contribution in [3.8, 4) is 11.4 Å². The van der Waals surface area contributed by atoms with E-state index in [2.05, 4.69) is 10.1 Å². The molecule has 4 rings (SSSR count). The summed E-state index contributed by atoms with van der Waals surface area (Å²) in [6.07, 6.45) is 1.74. The van der Waals surface area contributed by atoms with Crippen molar-refractivity contribution >= 4 is 5.91 Å². The number of H-pyrrole nitrogens is 1. The molecule has 7 nitrogen and oxygen atoms in total. The second-order valence-electron chi connectivity index (χ2n) is 6.89. The van der Waals surface area contributed by atoms with Gasteiger partial charge in [-0.15, -0.1) is 5.10 Å². The van der Waals surface area contributed by atoms with Crippen LogP contribution in [0.15, 0.2) is 59.4 Å². The van der Waals surface area contributed by atoms with Crippen LogP contribution in [0.2, 0.25) is 0 Å². The molecule has 2 aromatic carbocycles. The van der Waals surface area contributed by atoms with Gasteiger partial charge < -0.3 is 9.64 Å². The predicted octanol–water partition coefficient (Wildman–Crippen LogP) is 2.59. The van der Waals surface area contributed by atoms with Gasteiger partial charge in [-0.05, 0) is 43.2 Å². The summed E-state index contributed by atoms with van der Waals surface area (Å²) in [5, 5.41) is 4.49. The molecule has 144 valence electrons. The van der Waals surface area contributed by atoms with E-state index in [1.165, 1.54) is 4.68 Å². The van der Waals surface area contributed by atoms with Gasteiger partial charge in [-0.1, -0.05) is 24.3 Å². The lowest BCUT2D eigenvalue weighted by molar-refractivity contribution is 0.0704. The summed E-state index contributed by atoms with van der Waals surface area (Å²) in [6.45, 7) is 1.22. The third-order valence-corrected chi connectivity index (χ3v) is 5.05. The van der Waals surface area contributed by atoms with Gasteiger partial charge in [0.1, 0.15) is 11.6 Å². The van der Waals surface area contributed by atoms with Crippen molar-refractivity contribution in [2.45, 2.75) is 18.8 Å². The minimum absolute atomic E-state index is 0.000898. The summed E-state index contributed by atoms with van der Waals surface area (Å²) in [4.78, 5) is 29.9. The quantitative estimate of drug-likeness (QED) is 0.757. The topological polar surface area (TPSA) is 80.2 Å². The van der Waals surface area contributed by atoms with Crippen LogP contribution in [-0.4, -0.2) is 45.8 Å². The third kappa shape index (κ3) is 3.55. The zero-order chi connectivity index (χ0) is 19.5. The summed E-state index contributed by atoms with van der Waals surface area (Å²) in [5.41, 5.74) is 1.05. The Bertz CT molecular complexity index is 1030. The van der Waals surface area contributed by atoms with Crippen LogP contribution in [0.25, 0.3) is 5.69 Å². The Morgan fingerprint density at radius 2 is 2.00 bits per heavy atom. The van der Waals surface area contributed by atoms with Gasteiger partial charge in [0.2, 0.25) is 0 Å². The SMILES string of the molecule is COc1cccc(C(=O)N2CCCC(c3nn(-c4ccccc4)c(=O)[nH]3)C2)c1. The minimum Gasteiger partial charge on any atom is -0.497 e. The van der Waals surface area contributed by atoms with Gasteiger partial charge in [-0.3, -0.25) is 9.78 Å². The van der Waals surface area contributed by atoms with Crippen LogP contribution in [0.1, 0.15) is 34.9 Å². The zero-order valence-electron chi connectivity index (χ0n) is 15.7. The lowest BCUT2D eigenvalue weighted by Crippen LogP contribution is -2.39. The maximum Gasteiger partial charge on any atom is 0.348 e. The predicted molar refractivity (Wildman–Crippen MR) is 105 cm³/mol. The van der Waals surface area contributed by atoms with Crippen LogP contribution in [0.5, 0.6) is 5.75 Å². The van der Waals surface area contributed by atoms with E-state index in [0.717, 1.165) is 18.5 Å². The average Bonchev–Trinajstić information content (AvgIpc) is 3.15. The Hall–Kier alpha value is -3.35. The largest absolute Gasteiger partial charge is 0.497 e. The molecule has 0 spiro atoms. The minimum atomic E-state index is -0.266. The first-order valence-electron chi connectivity index (χ1n) is 9.33. The highest BCUT2D eigenvalue weighted by molar-refractivity contribution is 5.94. The van der Waals surface area contributed by atoms with Crippen molar-refractivity contribution in [1.82, 2.24) is 19.7 Å². The van der Waals surface area contributed by atoms with Crippen molar-refractivity contribution in [2.24, 2.45) is 0 Å². The smallest absolute Gasteiger partial charge is 0.348 e. The monoisotopic (exact) mass is 378 g/mol. The highest BCUT2D eigenvalue weighted by Crippen LogP contribution is 2.26. The van der Waals surface area contributed by atoms with Gasteiger partial charge in [0, 0.05) is 24.6 Å². The Morgan fingerprint density at radius 3 is 2.79 bits per heavy atom. The molecule has 7 heteroatoms. The Balaban J connectivity index is 1.54. The number of aromatic nitrogens is 3. The van der Waals surface area contributed by atoms with Gasteiger partial charge in [0.05, 0.1) is 12.8 Å². The maximum absolute atomic E-state index is 12.9. The summed E-state index contributed by atoms with van der Waals surface area (Å²) in [6, 6.07) is 16.5.